The fraction of sp³-hybridized carbons (Fsp3) is 0. The van der Waals surface area contributed by atoms with Gasteiger partial charge in [-0.05, 0) is 39.8 Å². The summed E-state index contributed by atoms with van der Waals surface area (Å²) in [6.07, 6.45) is 7.15. The standard InChI is InChI=1S/C11H6BrClN4S/c12-8-6-17-5-4-14-9(17)11(16-8)18-10-7(13)2-1-3-15-10/h1-6H. The molecule has 0 saturated heterocycles. The molecule has 18 heavy (non-hydrogen) atoms. The number of pyridine rings is 1. The van der Waals surface area contributed by atoms with Gasteiger partial charge in [0.2, 0.25) is 0 Å². The normalized spacial score (nSPS) is 11.0. The first kappa shape index (κ1) is 12.0. The Morgan fingerprint density at radius 2 is 2.11 bits per heavy atom. The molecule has 0 aromatic carbocycles. The smallest absolute Gasteiger partial charge is 0.170 e. The topological polar surface area (TPSA) is 43.1 Å². The molecule has 0 aliphatic rings. The molecule has 3 rings (SSSR count). The molecule has 0 atom stereocenters. The molecule has 3 aromatic heterocycles. The number of rotatable bonds is 2. The lowest BCUT2D eigenvalue weighted by Crippen LogP contribution is -1.92. The van der Waals surface area contributed by atoms with Gasteiger partial charge >= 0.3 is 0 Å². The van der Waals surface area contributed by atoms with E-state index in [2.05, 4.69) is 30.9 Å². The summed E-state index contributed by atoms with van der Waals surface area (Å²) in [6.45, 7) is 0. The Labute approximate surface area is 121 Å². The second kappa shape index (κ2) is 4.87. The van der Waals surface area contributed by atoms with Crippen molar-refractivity contribution in [3.63, 3.8) is 0 Å². The third-order valence-electron chi connectivity index (χ3n) is 2.23. The van der Waals surface area contributed by atoms with Crippen LogP contribution in [0, 0.1) is 0 Å². The van der Waals surface area contributed by atoms with E-state index in [0.29, 0.717) is 5.02 Å². The highest BCUT2D eigenvalue weighted by Crippen LogP contribution is 2.32. The molecule has 0 aliphatic heterocycles. The number of aromatic nitrogens is 4. The van der Waals surface area contributed by atoms with Gasteiger partial charge in [-0.1, -0.05) is 11.6 Å². The van der Waals surface area contributed by atoms with E-state index >= 15 is 0 Å². The monoisotopic (exact) mass is 340 g/mol. The molecule has 90 valence electrons. The molecular weight excluding hydrogens is 336 g/mol. The van der Waals surface area contributed by atoms with Crippen molar-refractivity contribution in [2.75, 3.05) is 0 Å². The van der Waals surface area contributed by atoms with Crippen molar-refractivity contribution in [1.29, 1.82) is 0 Å². The molecule has 0 fully saturated rings. The van der Waals surface area contributed by atoms with Crippen LogP contribution in [0.25, 0.3) is 5.65 Å². The van der Waals surface area contributed by atoms with Crippen LogP contribution in [0.4, 0.5) is 0 Å². The highest BCUT2D eigenvalue weighted by molar-refractivity contribution is 9.10. The largest absolute Gasteiger partial charge is 0.302 e. The van der Waals surface area contributed by atoms with Gasteiger partial charge in [-0.3, -0.25) is 0 Å². The van der Waals surface area contributed by atoms with Crippen LogP contribution < -0.4 is 0 Å². The van der Waals surface area contributed by atoms with Gasteiger partial charge in [0.05, 0.1) is 5.02 Å². The predicted octanol–water partition coefficient (Wildman–Crippen LogP) is 3.69. The summed E-state index contributed by atoms with van der Waals surface area (Å²) in [4.78, 5) is 12.9. The van der Waals surface area contributed by atoms with Crippen molar-refractivity contribution < 1.29 is 0 Å². The fourth-order valence-electron chi connectivity index (χ4n) is 1.48. The summed E-state index contributed by atoms with van der Waals surface area (Å²) >= 11 is 10.9. The molecule has 0 radical (unpaired) electrons. The zero-order valence-electron chi connectivity index (χ0n) is 8.92. The first-order valence-corrected chi connectivity index (χ1v) is 7.00. The highest BCUT2D eigenvalue weighted by Gasteiger charge is 2.11. The van der Waals surface area contributed by atoms with Crippen molar-refractivity contribution >= 4 is 44.9 Å². The van der Waals surface area contributed by atoms with Crippen LogP contribution in [-0.2, 0) is 0 Å². The Balaban J connectivity index is 2.10. The van der Waals surface area contributed by atoms with E-state index in [1.54, 1.807) is 24.5 Å². The Kier molecular flexibility index (Phi) is 3.23. The van der Waals surface area contributed by atoms with Gasteiger partial charge in [0, 0.05) is 24.8 Å². The Morgan fingerprint density at radius 1 is 1.22 bits per heavy atom. The number of nitrogens with zero attached hydrogens (tertiary/aromatic N) is 4. The molecule has 4 nitrogen and oxygen atoms in total. The molecule has 3 aromatic rings. The summed E-state index contributed by atoms with van der Waals surface area (Å²) in [6, 6.07) is 3.60. The number of imidazole rings is 1. The maximum Gasteiger partial charge on any atom is 0.170 e. The molecule has 0 saturated carbocycles. The number of hydrogen-bond donors (Lipinski definition) is 0. The summed E-state index contributed by atoms with van der Waals surface area (Å²) < 4.78 is 2.64. The third kappa shape index (κ3) is 2.23. The fourth-order valence-corrected chi connectivity index (χ4v) is 3.09. The SMILES string of the molecule is Clc1cccnc1Sc1nc(Br)cn2ccnc12. The number of halogens is 2. The summed E-state index contributed by atoms with van der Waals surface area (Å²) in [7, 11) is 0. The van der Waals surface area contributed by atoms with Crippen molar-refractivity contribution in [3.05, 3.63) is 46.5 Å². The van der Waals surface area contributed by atoms with E-state index in [4.69, 9.17) is 11.6 Å². The lowest BCUT2D eigenvalue weighted by Gasteiger charge is -2.04. The van der Waals surface area contributed by atoms with Crippen molar-refractivity contribution in [2.45, 2.75) is 10.1 Å². The Hall–Kier alpha value is -1.11. The summed E-state index contributed by atoms with van der Waals surface area (Å²) in [5, 5.41) is 2.08. The van der Waals surface area contributed by atoms with Gasteiger partial charge in [-0.15, -0.1) is 0 Å². The Morgan fingerprint density at radius 3 is 2.94 bits per heavy atom. The zero-order valence-corrected chi connectivity index (χ0v) is 12.1. The van der Waals surface area contributed by atoms with Crippen LogP contribution in [0.15, 0.2) is 51.6 Å². The second-order valence-corrected chi connectivity index (χ2v) is 5.62. The lowest BCUT2D eigenvalue weighted by atomic mass is 10.5. The molecule has 0 amide bonds. The van der Waals surface area contributed by atoms with Crippen LogP contribution in [0.5, 0.6) is 0 Å². The average molecular weight is 342 g/mol. The molecule has 0 bridgehead atoms. The first-order valence-electron chi connectivity index (χ1n) is 5.01. The first-order chi connectivity index (χ1) is 8.74. The Bertz CT molecular complexity index is 715. The van der Waals surface area contributed by atoms with Gasteiger partial charge in [0.1, 0.15) is 14.7 Å². The van der Waals surface area contributed by atoms with Gasteiger partial charge < -0.3 is 4.40 Å². The molecule has 0 aliphatic carbocycles. The van der Waals surface area contributed by atoms with E-state index in [9.17, 15) is 0 Å². The molecule has 7 heteroatoms. The van der Waals surface area contributed by atoms with Crippen LogP contribution in [0.2, 0.25) is 5.02 Å². The second-order valence-electron chi connectivity index (χ2n) is 3.42. The van der Waals surface area contributed by atoms with Crippen LogP contribution in [-0.4, -0.2) is 19.4 Å². The van der Waals surface area contributed by atoms with Gasteiger partial charge in [-0.25, -0.2) is 15.0 Å². The van der Waals surface area contributed by atoms with Crippen molar-refractivity contribution in [1.82, 2.24) is 19.4 Å². The van der Waals surface area contributed by atoms with Crippen LogP contribution in [0.3, 0.4) is 0 Å². The maximum atomic E-state index is 6.09. The number of hydrogen-bond acceptors (Lipinski definition) is 4. The van der Waals surface area contributed by atoms with Gasteiger partial charge in [0.15, 0.2) is 5.65 Å². The lowest BCUT2D eigenvalue weighted by molar-refractivity contribution is 1.00. The van der Waals surface area contributed by atoms with E-state index in [-0.39, 0.29) is 0 Å². The van der Waals surface area contributed by atoms with Gasteiger partial charge in [-0.2, -0.15) is 0 Å². The highest BCUT2D eigenvalue weighted by atomic mass is 79.9. The predicted molar refractivity (Wildman–Crippen MR) is 74.1 cm³/mol. The molecule has 0 unspecified atom stereocenters. The van der Waals surface area contributed by atoms with E-state index in [1.165, 1.54) is 11.8 Å². The quantitative estimate of drug-likeness (QED) is 0.713. The van der Waals surface area contributed by atoms with Crippen LogP contribution in [0.1, 0.15) is 0 Å². The van der Waals surface area contributed by atoms with E-state index in [0.717, 1.165) is 20.3 Å². The van der Waals surface area contributed by atoms with E-state index in [1.807, 2.05) is 16.8 Å². The third-order valence-corrected chi connectivity index (χ3v) is 4.02. The molecule has 0 N–H and O–H groups in total. The molecular formula is C11H6BrClN4S. The van der Waals surface area contributed by atoms with Gasteiger partial charge in [0.25, 0.3) is 0 Å². The summed E-state index contributed by atoms with van der Waals surface area (Å²) in [5.74, 6) is 0. The minimum atomic E-state index is 0.606. The minimum absolute atomic E-state index is 0.606. The maximum absolute atomic E-state index is 6.09. The minimum Gasteiger partial charge on any atom is -0.302 e. The average Bonchev–Trinajstić information content (AvgIpc) is 2.80. The van der Waals surface area contributed by atoms with E-state index < -0.39 is 0 Å². The van der Waals surface area contributed by atoms with Crippen molar-refractivity contribution in [3.8, 4) is 0 Å². The zero-order chi connectivity index (χ0) is 12.5. The van der Waals surface area contributed by atoms with Crippen LogP contribution >= 0.6 is 39.3 Å². The molecule has 0 spiro atoms. The summed E-state index contributed by atoms with van der Waals surface area (Å²) in [5.41, 5.74) is 0.782. The number of fused-ring (bicyclic) bond motifs is 1. The van der Waals surface area contributed by atoms with Crippen molar-refractivity contribution in [2.24, 2.45) is 0 Å². The molecule has 3 heterocycles.